The van der Waals surface area contributed by atoms with Crippen molar-refractivity contribution in [3.63, 3.8) is 0 Å². The summed E-state index contributed by atoms with van der Waals surface area (Å²) in [4.78, 5) is 22.1. The number of hydrogen-bond acceptors (Lipinski definition) is 2. The van der Waals surface area contributed by atoms with Crippen LogP contribution in [-0.4, -0.2) is 28.7 Å². The number of carbonyl (C=O) groups is 2. The SMILES string of the molecule is O=C1NC(=O)c2cc([As])ccc21. The third-order valence-corrected chi connectivity index (χ3v) is 2.30. The zero-order valence-electron chi connectivity index (χ0n) is 6.00. The summed E-state index contributed by atoms with van der Waals surface area (Å²) in [7, 11) is 0. The van der Waals surface area contributed by atoms with Gasteiger partial charge in [0.1, 0.15) is 0 Å². The van der Waals surface area contributed by atoms with E-state index in [0.717, 1.165) is 4.35 Å². The molecule has 1 aliphatic heterocycles. The Bertz CT molecular complexity index is 387. The van der Waals surface area contributed by atoms with Gasteiger partial charge in [-0.2, -0.15) is 0 Å². The first-order chi connectivity index (χ1) is 5.68. The molecule has 12 heavy (non-hydrogen) atoms. The first-order valence-electron chi connectivity index (χ1n) is 3.37. The standard InChI is InChI=1S/C8H4AsNO2/c9-4-1-2-5-6(3-4)8(12)10-7(5)11/h1-3H,(H,10,11,12). The molecule has 1 heterocycles. The van der Waals surface area contributed by atoms with E-state index in [1.54, 1.807) is 18.2 Å². The number of fused-ring (bicyclic) bond motifs is 1. The second-order valence-electron chi connectivity index (χ2n) is 2.51. The van der Waals surface area contributed by atoms with Crippen molar-refractivity contribution in [1.29, 1.82) is 0 Å². The summed E-state index contributed by atoms with van der Waals surface area (Å²) in [5, 5.41) is 2.22. The number of imide groups is 1. The van der Waals surface area contributed by atoms with Crippen LogP contribution in [0.5, 0.6) is 0 Å². The topological polar surface area (TPSA) is 46.2 Å². The molecular weight excluding hydrogens is 217 g/mol. The van der Waals surface area contributed by atoms with Gasteiger partial charge in [-0.3, -0.25) is 0 Å². The predicted molar refractivity (Wildman–Crippen MR) is 43.6 cm³/mol. The molecule has 0 saturated carbocycles. The molecule has 2 radical (unpaired) electrons. The summed E-state index contributed by atoms with van der Waals surface area (Å²) in [5.41, 5.74) is 0.938. The molecule has 1 aliphatic rings. The van der Waals surface area contributed by atoms with Gasteiger partial charge in [0.05, 0.1) is 0 Å². The summed E-state index contributed by atoms with van der Waals surface area (Å²) in [6.45, 7) is 0. The van der Waals surface area contributed by atoms with Crippen LogP contribution in [-0.2, 0) is 0 Å². The quantitative estimate of drug-likeness (QED) is 0.468. The normalized spacial score (nSPS) is 14.4. The number of hydrogen-bond donors (Lipinski definition) is 1. The maximum atomic E-state index is 11.1. The Hall–Kier alpha value is -1.08. The molecule has 0 bridgehead atoms. The minimum absolute atomic E-state index is 0.303. The van der Waals surface area contributed by atoms with Gasteiger partial charge < -0.3 is 0 Å². The van der Waals surface area contributed by atoms with Gasteiger partial charge in [0.25, 0.3) is 0 Å². The Morgan fingerprint density at radius 3 is 2.50 bits per heavy atom. The van der Waals surface area contributed by atoms with Crippen LogP contribution >= 0.6 is 0 Å². The molecule has 2 rings (SSSR count). The summed E-state index contributed by atoms with van der Waals surface area (Å²) in [6, 6.07) is 5.13. The van der Waals surface area contributed by atoms with Crippen LogP contribution in [0.1, 0.15) is 20.7 Å². The van der Waals surface area contributed by atoms with Crippen molar-refractivity contribution in [2.75, 3.05) is 0 Å². The third kappa shape index (κ3) is 0.977. The van der Waals surface area contributed by atoms with E-state index in [-0.39, 0.29) is 11.8 Å². The Morgan fingerprint density at radius 1 is 1.08 bits per heavy atom. The molecule has 0 atom stereocenters. The Labute approximate surface area is 77.6 Å². The van der Waals surface area contributed by atoms with Gasteiger partial charge in [-0.1, -0.05) is 0 Å². The van der Waals surface area contributed by atoms with Gasteiger partial charge >= 0.3 is 77.3 Å². The molecule has 58 valence electrons. The fourth-order valence-corrected chi connectivity index (χ4v) is 1.58. The van der Waals surface area contributed by atoms with Gasteiger partial charge in [-0.25, -0.2) is 0 Å². The number of benzene rings is 1. The maximum absolute atomic E-state index is 11.1. The average molecular weight is 221 g/mol. The molecule has 2 amide bonds. The summed E-state index contributed by atoms with van der Waals surface area (Å²) >= 11 is 2.33. The van der Waals surface area contributed by atoms with Gasteiger partial charge in [0.15, 0.2) is 0 Å². The Balaban J connectivity index is 2.68. The van der Waals surface area contributed by atoms with E-state index < -0.39 is 0 Å². The van der Waals surface area contributed by atoms with Crippen molar-refractivity contribution in [3.05, 3.63) is 29.3 Å². The fraction of sp³-hybridized carbons (Fsp3) is 0. The molecule has 0 fully saturated rings. The Morgan fingerprint density at radius 2 is 1.75 bits per heavy atom. The van der Waals surface area contributed by atoms with Crippen LogP contribution in [0.2, 0.25) is 0 Å². The van der Waals surface area contributed by atoms with E-state index in [9.17, 15) is 9.59 Å². The van der Waals surface area contributed by atoms with Crippen molar-refractivity contribution in [2.45, 2.75) is 0 Å². The number of amides is 2. The van der Waals surface area contributed by atoms with Gasteiger partial charge in [0.2, 0.25) is 0 Å². The molecule has 0 saturated heterocycles. The molecule has 0 aromatic heterocycles. The summed E-state index contributed by atoms with van der Waals surface area (Å²) in [6.07, 6.45) is 0. The second kappa shape index (κ2) is 2.46. The molecule has 4 heteroatoms. The van der Waals surface area contributed by atoms with Crippen molar-refractivity contribution in [2.24, 2.45) is 0 Å². The Kier molecular flexibility index (Phi) is 1.55. The number of rotatable bonds is 0. The van der Waals surface area contributed by atoms with Crippen LogP contribution in [0, 0.1) is 0 Å². The van der Waals surface area contributed by atoms with Crippen LogP contribution < -0.4 is 9.67 Å². The van der Waals surface area contributed by atoms with Crippen LogP contribution in [0.4, 0.5) is 0 Å². The van der Waals surface area contributed by atoms with E-state index in [4.69, 9.17) is 0 Å². The van der Waals surface area contributed by atoms with Crippen molar-refractivity contribution < 1.29 is 9.59 Å². The zero-order chi connectivity index (χ0) is 8.72. The molecule has 3 nitrogen and oxygen atoms in total. The molecule has 1 aromatic rings. The van der Waals surface area contributed by atoms with Gasteiger partial charge in [-0.05, 0) is 0 Å². The monoisotopic (exact) mass is 221 g/mol. The van der Waals surface area contributed by atoms with Crippen molar-refractivity contribution in [3.8, 4) is 0 Å². The van der Waals surface area contributed by atoms with Gasteiger partial charge in [-0.15, -0.1) is 0 Å². The first-order valence-corrected chi connectivity index (χ1v) is 4.31. The average Bonchev–Trinajstić information content (AvgIpc) is 2.28. The molecule has 0 spiro atoms. The first kappa shape index (κ1) is 7.56. The summed E-state index contributed by atoms with van der Waals surface area (Å²) < 4.78 is 0.922. The second-order valence-corrected chi connectivity index (χ2v) is 3.60. The van der Waals surface area contributed by atoms with E-state index in [0.29, 0.717) is 11.1 Å². The van der Waals surface area contributed by atoms with Crippen molar-refractivity contribution >= 4 is 33.0 Å². The summed E-state index contributed by atoms with van der Waals surface area (Å²) in [5.74, 6) is -0.606. The fourth-order valence-electron chi connectivity index (χ4n) is 1.16. The number of nitrogens with one attached hydrogen (secondary N) is 1. The molecule has 1 aromatic carbocycles. The van der Waals surface area contributed by atoms with Crippen molar-refractivity contribution in [1.82, 2.24) is 5.32 Å². The van der Waals surface area contributed by atoms with Gasteiger partial charge in [0, 0.05) is 0 Å². The molecule has 0 aliphatic carbocycles. The minimum atomic E-state index is -0.303. The van der Waals surface area contributed by atoms with E-state index in [1.807, 2.05) is 0 Å². The number of carbonyl (C=O) groups excluding carboxylic acids is 2. The molecule has 0 unspecified atom stereocenters. The van der Waals surface area contributed by atoms with Crippen LogP contribution in [0.25, 0.3) is 0 Å². The zero-order valence-corrected chi connectivity index (χ0v) is 7.87. The van der Waals surface area contributed by atoms with Crippen LogP contribution in [0.3, 0.4) is 0 Å². The molecular formula is C8H4AsNO2. The third-order valence-electron chi connectivity index (χ3n) is 1.72. The predicted octanol–water partition coefficient (Wildman–Crippen LogP) is -0.636. The van der Waals surface area contributed by atoms with E-state index in [1.165, 1.54) is 0 Å². The van der Waals surface area contributed by atoms with E-state index in [2.05, 4.69) is 22.2 Å². The van der Waals surface area contributed by atoms with E-state index >= 15 is 0 Å². The van der Waals surface area contributed by atoms with Crippen LogP contribution in [0.15, 0.2) is 18.2 Å². The molecule has 1 N–H and O–H groups in total.